The summed E-state index contributed by atoms with van der Waals surface area (Å²) >= 11 is 0. The minimum absolute atomic E-state index is 0.206. The summed E-state index contributed by atoms with van der Waals surface area (Å²) in [7, 11) is 3.13. The van der Waals surface area contributed by atoms with Gasteiger partial charge in [0.1, 0.15) is 12.2 Å². The van der Waals surface area contributed by atoms with Crippen LogP contribution in [0.4, 0.5) is 0 Å². The van der Waals surface area contributed by atoms with E-state index in [0.717, 1.165) is 30.5 Å². The van der Waals surface area contributed by atoms with E-state index in [1.54, 1.807) is 7.11 Å². The normalized spacial score (nSPS) is 12.4. The van der Waals surface area contributed by atoms with Gasteiger partial charge in [-0.25, -0.2) is 4.98 Å². The maximum absolute atomic E-state index is 12.4. The van der Waals surface area contributed by atoms with Crippen LogP contribution in [-0.2, 0) is 12.8 Å². The highest BCUT2D eigenvalue weighted by molar-refractivity contribution is 5.96. The number of aryl methyl sites for hydroxylation is 2. The summed E-state index contributed by atoms with van der Waals surface area (Å²) in [6.45, 7) is 0.712. The van der Waals surface area contributed by atoms with Crippen LogP contribution >= 0.6 is 0 Å². The van der Waals surface area contributed by atoms with E-state index in [1.807, 2.05) is 30.3 Å². The Kier molecular flexibility index (Phi) is 5.38. The molecular weight excluding hydrogens is 320 g/mol. The number of rotatable bonds is 7. The molecule has 1 aliphatic carbocycles. The van der Waals surface area contributed by atoms with Crippen molar-refractivity contribution in [3.05, 3.63) is 47.2 Å². The van der Waals surface area contributed by atoms with Crippen molar-refractivity contribution in [3.8, 4) is 17.4 Å². The monoisotopic (exact) mass is 342 g/mol. The predicted octanol–water partition coefficient (Wildman–Crippen LogP) is 2.40. The largest absolute Gasteiger partial charge is 0.493 e. The lowest BCUT2D eigenvalue weighted by atomic mass is 10.1. The Morgan fingerprint density at radius 2 is 1.96 bits per heavy atom. The van der Waals surface area contributed by atoms with Gasteiger partial charge in [0.05, 0.1) is 20.8 Å². The summed E-state index contributed by atoms with van der Waals surface area (Å²) in [5.41, 5.74) is 2.64. The van der Waals surface area contributed by atoms with E-state index in [4.69, 9.17) is 14.2 Å². The number of nitrogens with one attached hydrogen (secondary N) is 1. The Morgan fingerprint density at radius 1 is 1.16 bits per heavy atom. The number of amides is 1. The first-order chi connectivity index (χ1) is 12.2. The molecule has 25 heavy (non-hydrogen) atoms. The summed E-state index contributed by atoms with van der Waals surface area (Å²) in [5, 5.41) is 2.85. The molecule has 132 valence electrons. The third kappa shape index (κ3) is 3.84. The molecule has 0 fully saturated rings. The molecule has 0 unspecified atom stereocenters. The number of aromatic nitrogens is 1. The van der Waals surface area contributed by atoms with Crippen LogP contribution in [0.2, 0.25) is 0 Å². The number of hydrogen-bond acceptors (Lipinski definition) is 5. The molecule has 1 amide bonds. The van der Waals surface area contributed by atoms with Gasteiger partial charge in [-0.15, -0.1) is 0 Å². The van der Waals surface area contributed by atoms with E-state index in [0.29, 0.717) is 36.1 Å². The van der Waals surface area contributed by atoms with Crippen molar-refractivity contribution in [2.75, 3.05) is 27.4 Å². The van der Waals surface area contributed by atoms with Crippen LogP contribution < -0.4 is 19.5 Å². The fourth-order valence-corrected chi connectivity index (χ4v) is 2.93. The third-order valence-corrected chi connectivity index (χ3v) is 4.17. The lowest BCUT2D eigenvalue weighted by Crippen LogP contribution is -2.28. The van der Waals surface area contributed by atoms with Gasteiger partial charge in [-0.3, -0.25) is 4.79 Å². The van der Waals surface area contributed by atoms with Gasteiger partial charge in [0.15, 0.2) is 11.5 Å². The van der Waals surface area contributed by atoms with Gasteiger partial charge in [0.2, 0.25) is 5.88 Å². The van der Waals surface area contributed by atoms with Crippen molar-refractivity contribution < 1.29 is 19.0 Å². The van der Waals surface area contributed by atoms with E-state index in [-0.39, 0.29) is 5.91 Å². The minimum atomic E-state index is -0.206. The molecule has 1 aromatic heterocycles. The third-order valence-electron chi connectivity index (χ3n) is 4.17. The van der Waals surface area contributed by atoms with Gasteiger partial charge in [0, 0.05) is 5.69 Å². The molecule has 0 saturated heterocycles. The van der Waals surface area contributed by atoms with Gasteiger partial charge >= 0.3 is 0 Å². The molecule has 0 radical (unpaired) electrons. The summed E-state index contributed by atoms with van der Waals surface area (Å²) < 4.78 is 16.2. The number of carbonyl (C=O) groups is 1. The van der Waals surface area contributed by atoms with Crippen molar-refractivity contribution in [1.29, 1.82) is 0 Å². The molecule has 0 aliphatic heterocycles. The minimum Gasteiger partial charge on any atom is -0.493 e. The van der Waals surface area contributed by atoms with Crippen molar-refractivity contribution in [2.24, 2.45) is 0 Å². The van der Waals surface area contributed by atoms with Gasteiger partial charge in [-0.05, 0) is 43.0 Å². The highest BCUT2D eigenvalue weighted by atomic mass is 16.5. The molecule has 6 nitrogen and oxygen atoms in total. The topological polar surface area (TPSA) is 69.7 Å². The number of fused-ring (bicyclic) bond motifs is 1. The molecule has 0 atom stereocenters. The number of pyridine rings is 1. The number of para-hydroxylation sites is 2. The highest BCUT2D eigenvalue weighted by Gasteiger charge is 2.20. The van der Waals surface area contributed by atoms with Crippen molar-refractivity contribution in [3.63, 3.8) is 0 Å². The Balaban J connectivity index is 1.58. The Labute approximate surface area is 147 Å². The van der Waals surface area contributed by atoms with Crippen molar-refractivity contribution >= 4 is 5.91 Å². The second-order valence-electron chi connectivity index (χ2n) is 5.76. The summed E-state index contributed by atoms with van der Waals surface area (Å²) in [4.78, 5) is 16.9. The SMILES string of the molecule is COc1ccccc1OCCNC(=O)c1cc2c(nc1OC)CCC2. The maximum Gasteiger partial charge on any atom is 0.256 e. The molecule has 0 saturated carbocycles. The number of nitrogens with zero attached hydrogens (tertiary/aromatic N) is 1. The Bertz CT molecular complexity index is 761. The van der Waals surface area contributed by atoms with Crippen LogP contribution in [0.25, 0.3) is 0 Å². The molecule has 0 bridgehead atoms. The zero-order valence-electron chi connectivity index (χ0n) is 14.5. The predicted molar refractivity (Wildman–Crippen MR) is 93.6 cm³/mol. The number of methoxy groups -OCH3 is 2. The van der Waals surface area contributed by atoms with E-state index in [2.05, 4.69) is 10.3 Å². The first-order valence-corrected chi connectivity index (χ1v) is 8.33. The number of benzene rings is 1. The quantitative estimate of drug-likeness (QED) is 0.783. The van der Waals surface area contributed by atoms with E-state index >= 15 is 0 Å². The average molecular weight is 342 g/mol. The molecule has 2 aromatic rings. The zero-order chi connectivity index (χ0) is 17.6. The standard InChI is InChI=1S/C19H22N2O4/c1-23-16-8-3-4-9-17(16)25-11-10-20-18(22)14-12-13-6-5-7-15(13)21-19(14)24-2/h3-4,8-9,12H,5-7,10-11H2,1-2H3,(H,20,22). The Hall–Kier alpha value is -2.76. The van der Waals surface area contributed by atoms with Gasteiger partial charge in [-0.1, -0.05) is 12.1 Å². The lowest BCUT2D eigenvalue weighted by Gasteiger charge is -2.12. The number of carbonyl (C=O) groups excluding carboxylic acids is 1. The number of hydrogen-bond donors (Lipinski definition) is 1. The van der Waals surface area contributed by atoms with Gasteiger partial charge < -0.3 is 19.5 Å². The van der Waals surface area contributed by atoms with Crippen LogP contribution in [0.3, 0.4) is 0 Å². The molecule has 1 N–H and O–H groups in total. The summed E-state index contributed by atoms with van der Waals surface area (Å²) in [6, 6.07) is 9.30. The first-order valence-electron chi connectivity index (χ1n) is 8.33. The van der Waals surface area contributed by atoms with Crippen LogP contribution in [-0.4, -0.2) is 38.3 Å². The molecule has 1 aromatic carbocycles. The molecule has 1 aliphatic rings. The molecule has 6 heteroatoms. The summed E-state index contributed by atoms with van der Waals surface area (Å²) in [5.74, 6) is 1.49. The van der Waals surface area contributed by atoms with Crippen molar-refractivity contribution in [2.45, 2.75) is 19.3 Å². The first kappa shape index (κ1) is 17.1. The van der Waals surface area contributed by atoms with Gasteiger partial charge in [0.25, 0.3) is 5.91 Å². The highest BCUT2D eigenvalue weighted by Crippen LogP contribution is 2.27. The van der Waals surface area contributed by atoms with Gasteiger partial charge in [-0.2, -0.15) is 0 Å². The zero-order valence-corrected chi connectivity index (χ0v) is 14.5. The van der Waals surface area contributed by atoms with Crippen LogP contribution in [0.1, 0.15) is 28.0 Å². The fourth-order valence-electron chi connectivity index (χ4n) is 2.93. The maximum atomic E-state index is 12.4. The Morgan fingerprint density at radius 3 is 2.72 bits per heavy atom. The van der Waals surface area contributed by atoms with Crippen LogP contribution in [0.5, 0.6) is 17.4 Å². The average Bonchev–Trinajstić information content (AvgIpc) is 3.11. The summed E-state index contributed by atoms with van der Waals surface area (Å²) in [6.07, 6.45) is 2.98. The molecule has 3 rings (SSSR count). The molecule has 0 spiro atoms. The van der Waals surface area contributed by atoms with Crippen molar-refractivity contribution in [1.82, 2.24) is 10.3 Å². The van der Waals surface area contributed by atoms with Crippen LogP contribution in [0, 0.1) is 0 Å². The smallest absolute Gasteiger partial charge is 0.256 e. The lowest BCUT2D eigenvalue weighted by molar-refractivity contribution is 0.0943. The van der Waals surface area contributed by atoms with E-state index < -0.39 is 0 Å². The van der Waals surface area contributed by atoms with Crippen LogP contribution in [0.15, 0.2) is 30.3 Å². The second kappa shape index (κ2) is 7.88. The number of ether oxygens (including phenoxy) is 3. The fraction of sp³-hybridized carbons (Fsp3) is 0.368. The second-order valence-corrected chi connectivity index (χ2v) is 5.76. The molecular formula is C19H22N2O4. The van der Waals surface area contributed by atoms with E-state index in [1.165, 1.54) is 7.11 Å². The van der Waals surface area contributed by atoms with E-state index in [9.17, 15) is 4.79 Å². The molecule has 1 heterocycles.